The first-order chi connectivity index (χ1) is 13.7. The van der Waals surface area contributed by atoms with Crippen LogP contribution in [0.3, 0.4) is 0 Å². The van der Waals surface area contributed by atoms with Crippen molar-refractivity contribution < 1.29 is 0 Å². The molecule has 0 aliphatic heterocycles. The van der Waals surface area contributed by atoms with Gasteiger partial charge in [-0.1, -0.05) is 44.0 Å². The van der Waals surface area contributed by atoms with Gasteiger partial charge in [0.25, 0.3) is 0 Å². The highest BCUT2D eigenvalue weighted by Gasteiger charge is 2.25. The topological polar surface area (TPSA) is 49.8 Å². The molecular formula is C24H30N4. The second-order valence-electron chi connectivity index (χ2n) is 7.83. The largest absolute Gasteiger partial charge is 0.379 e. The lowest BCUT2D eigenvalue weighted by atomic mass is 9.90. The molecule has 0 spiro atoms. The quantitative estimate of drug-likeness (QED) is 0.636. The zero-order valence-corrected chi connectivity index (χ0v) is 16.9. The summed E-state index contributed by atoms with van der Waals surface area (Å²) in [4.78, 5) is 9.53. The van der Waals surface area contributed by atoms with Crippen LogP contribution in [0.25, 0.3) is 10.9 Å². The standard InChI is InChI=1S/C24H30N4/c1-3-19-15-14-18-9-7-13-23(24(18)27-19)28-22-12-5-4-11-21(22)25-16-20-10-6-8-17(2)26-20/h6-10,13-15,21-22,25,28H,3-5,11-12,16H2,1-2H3/t21-,22-/m0/s1. The molecule has 0 bridgehead atoms. The number of benzene rings is 1. The monoisotopic (exact) mass is 374 g/mol. The molecule has 4 heteroatoms. The molecule has 1 aliphatic carbocycles. The Hall–Kier alpha value is -2.46. The minimum absolute atomic E-state index is 0.413. The summed E-state index contributed by atoms with van der Waals surface area (Å²) in [6.45, 7) is 5.02. The summed E-state index contributed by atoms with van der Waals surface area (Å²) < 4.78 is 0. The van der Waals surface area contributed by atoms with Crippen LogP contribution in [0.1, 0.15) is 49.7 Å². The number of hydrogen-bond acceptors (Lipinski definition) is 4. The van der Waals surface area contributed by atoms with Crippen molar-refractivity contribution in [3.63, 3.8) is 0 Å². The summed E-state index contributed by atoms with van der Waals surface area (Å²) in [6, 6.07) is 17.9. The molecule has 146 valence electrons. The minimum Gasteiger partial charge on any atom is -0.379 e. The Morgan fingerprint density at radius 3 is 2.54 bits per heavy atom. The van der Waals surface area contributed by atoms with Crippen molar-refractivity contribution in [2.45, 2.75) is 64.6 Å². The number of para-hydroxylation sites is 1. The van der Waals surface area contributed by atoms with Crippen molar-refractivity contribution in [2.75, 3.05) is 5.32 Å². The van der Waals surface area contributed by atoms with Crippen LogP contribution in [0.4, 0.5) is 5.69 Å². The van der Waals surface area contributed by atoms with Gasteiger partial charge in [-0.05, 0) is 50.5 Å². The average Bonchev–Trinajstić information content (AvgIpc) is 2.73. The van der Waals surface area contributed by atoms with Crippen LogP contribution in [0.2, 0.25) is 0 Å². The highest BCUT2D eigenvalue weighted by atomic mass is 15.0. The van der Waals surface area contributed by atoms with E-state index in [4.69, 9.17) is 4.98 Å². The van der Waals surface area contributed by atoms with Crippen LogP contribution in [0.15, 0.2) is 48.5 Å². The maximum atomic E-state index is 4.89. The third-order valence-corrected chi connectivity index (χ3v) is 5.74. The van der Waals surface area contributed by atoms with Gasteiger partial charge >= 0.3 is 0 Å². The van der Waals surface area contributed by atoms with Gasteiger partial charge in [0.2, 0.25) is 0 Å². The molecule has 2 aromatic heterocycles. The van der Waals surface area contributed by atoms with E-state index in [-0.39, 0.29) is 0 Å². The molecule has 2 N–H and O–H groups in total. The number of aromatic nitrogens is 2. The molecule has 2 heterocycles. The summed E-state index contributed by atoms with van der Waals surface area (Å²) in [6.07, 6.45) is 5.90. The summed E-state index contributed by atoms with van der Waals surface area (Å²) >= 11 is 0. The van der Waals surface area contributed by atoms with Crippen LogP contribution in [0.5, 0.6) is 0 Å². The Balaban J connectivity index is 1.51. The molecule has 0 saturated heterocycles. The molecule has 1 saturated carbocycles. The number of anilines is 1. The third kappa shape index (κ3) is 4.33. The maximum Gasteiger partial charge on any atom is 0.0936 e. The lowest BCUT2D eigenvalue weighted by molar-refractivity contribution is 0.341. The van der Waals surface area contributed by atoms with Crippen LogP contribution in [0, 0.1) is 6.92 Å². The van der Waals surface area contributed by atoms with Gasteiger partial charge in [-0.15, -0.1) is 0 Å². The molecule has 1 aliphatic rings. The Morgan fingerprint density at radius 1 is 0.893 bits per heavy atom. The summed E-state index contributed by atoms with van der Waals surface area (Å²) in [5.41, 5.74) is 5.58. The molecule has 0 radical (unpaired) electrons. The predicted molar refractivity (Wildman–Crippen MR) is 117 cm³/mol. The molecule has 0 unspecified atom stereocenters. The van der Waals surface area contributed by atoms with Gasteiger partial charge in [0, 0.05) is 35.4 Å². The maximum absolute atomic E-state index is 4.89. The molecule has 28 heavy (non-hydrogen) atoms. The van der Waals surface area contributed by atoms with E-state index >= 15 is 0 Å². The molecular weight excluding hydrogens is 344 g/mol. The van der Waals surface area contributed by atoms with Gasteiger partial charge < -0.3 is 10.6 Å². The first-order valence-electron chi connectivity index (χ1n) is 10.5. The van der Waals surface area contributed by atoms with E-state index in [1.54, 1.807) is 0 Å². The van der Waals surface area contributed by atoms with E-state index in [0.29, 0.717) is 12.1 Å². The zero-order chi connectivity index (χ0) is 19.3. The number of hydrogen-bond donors (Lipinski definition) is 2. The predicted octanol–water partition coefficient (Wildman–Crippen LogP) is 5.01. The van der Waals surface area contributed by atoms with Gasteiger partial charge in [0.15, 0.2) is 0 Å². The fourth-order valence-electron chi connectivity index (χ4n) is 4.18. The molecule has 0 amide bonds. The number of pyridine rings is 2. The first kappa shape index (κ1) is 18.9. The summed E-state index contributed by atoms with van der Waals surface area (Å²) in [5, 5.41) is 8.79. The van der Waals surface area contributed by atoms with Crippen molar-refractivity contribution in [1.29, 1.82) is 0 Å². The molecule has 4 rings (SSSR count). The molecule has 1 aromatic carbocycles. The van der Waals surface area contributed by atoms with Crippen LogP contribution in [-0.2, 0) is 13.0 Å². The molecule has 4 nitrogen and oxygen atoms in total. The molecule has 1 fully saturated rings. The third-order valence-electron chi connectivity index (χ3n) is 5.74. The molecule has 3 aromatic rings. The Labute approximate surface area is 167 Å². The fourth-order valence-corrected chi connectivity index (χ4v) is 4.18. The average molecular weight is 375 g/mol. The van der Waals surface area contributed by atoms with Gasteiger partial charge in [0.1, 0.15) is 0 Å². The lowest BCUT2D eigenvalue weighted by Crippen LogP contribution is -2.46. The highest BCUT2D eigenvalue weighted by molar-refractivity contribution is 5.90. The number of fused-ring (bicyclic) bond motifs is 1. The second-order valence-corrected chi connectivity index (χ2v) is 7.83. The van der Waals surface area contributed by atoms with Crippen LogP contribution >= 0.6 is 0 Å². The summed E-state index contributed by atoms with van der Waals surface area (Å²) in [5.74, 6) is 0. The Kier molecular flexibility index (Phi) is 5.87. The number of nitrogens with zero attached hydrogens (tertiary/aromatic N) is 2. The van der Waals surface area contributed by atoms with Gasteiger partial charge in [-0.3, -0.25) is 9.97 Å². The fraction of sp³-hybridized carbons (Fsp3) is 0.417. The second kappa shape index (κ2) is 8.70. The molecule has 2 atom stereocenters. The van der Waals surface area contributed by atoms with Crippen molar-refractivity contribution >= 4 is 16.6 Å². The lowest BCUT2D eigenvalue weighted by Gasteiger charge is -2.34. The van der Waals surface area contributed by atoms with Crippen molar-refractivity contribution in [1.82, 2.24) is 15.3 Å². The van der Waals surface area contributed by atoms with E-state index in [1.807, 2.05) is 13.0 Å². The van der Waals surface area contributed by atoms with E-state index in [0.717, 1.165) is 41.3 Å². The van der Waals surface area contributed by atoms with Crippen LogP contribution < -0.4 is 10.6 Å². The van der Waals surface area contributed by atoms with Crippen molar-refractivity contribution in [3.8, 4) is 0 Å². The van der Waals surface area contributed by atoms with E-state index in [9.17, 15) is 0 Å². The van der Waals surface area contributed by atoms with E-state index in [1.165, 1.54) is 31.1 Å². The number of aryl methyl sites for hydroxylation is 2. The normalized spacial score (nSPS) is 19.6. The van der Waals surface area contributed by atoms with Crippen molar-refractivity contribution in [3.05, 3.63) is 65.6 Å². The Bertz CT molecular complexity index is 937. The van der Waals surface area contributed by atoms with Gasteiger partial charge in [-0.2, -0.15) is 0 Å². The number of rotatable bonds is 6. The summed E-state index contributed by atoms with van der Waals surface area (Å²) in [7, 11) is 0. The van der Waals surface area contributed by atoms with Gasteiger partial charge in [-0.25, -0.2) is 0 Å². The van der Waals surface area contributed by atoms with Crippen molar-refractivity contribution in [2.24, 2.45) is 0 Å². The van der Waals surface area contributed by atoms with E-state index < -0.39 is 0 Å². The van der Waals surface area contributed by atoms with Crippen LogP contribution in [-0.4, -0.2) is 22.1 Å². The zero-order valence-electron chi connectivity index (χ0n) is 16.9. The Morgan fingerprint density at radius 2 is 1.71 bits per heavy atom. The SMILES string of the molecule is CCc1ccc2cccc(N[C@H]3CCCC[C@@H]3NCc3cccc(C)n3)c2n1. The minimum atomic E-state index is 0.413. The highest BCUT2D eigenvalue weighted by Crippen LogP contribution is 2.27. The first-order valence-corrected chi connectivity index (χ1v) is 10.5. The smallest absolute Gasteiger partial charge is 0.0936 e. The van der Waals surface area contributed by atoms with Gasteiger partial charge in [0.05, 0.1) is 16.9 Å². The number of nitrogens with one attached hydrogen (secondary N) is 2. The van der Waals surface area contributed by atoms with E-state index in [2.05, 4.69) is 65.0 Å².